The molecule has 2 fully saturated rings. The Hall–Kier alpha value is -2.18. The fourth-order valence-electron chi connectivity index (χ4n) is 10.8. The molecule has 4 aromatic carbocycles. The molecular weight excluding hydrogens is 739 g/mol. The fourth-order valence-corrected chi connectivity index (χ4v) is 34.8. The first-order chi connectivity index (χ1) is 23.5. The maximum absolute atomic E-state index is 3.19. The molecule has 0 amide bonds. The van der Waals surface area contributed by atoms with E-state index >= 15 is 0 Å². The van der Waals surface area contributed by atoms with Crippen LogP contribution in [0.2, 0.25) is 7.25 Å². The second-order valence-corrected chi connectivity index (χ2v) is 29.2. The molecule has 1 saturated heterocycles. The average Bonchev–Trinajstić information content (AvgIpc) is 3.36. The van der Waals surface area contributed by atoms with Gasteiger partial charge in [0.05, 0.1) is 0 Å². The topological polar surface area (TPSA) is 0 Å². The third-order valence-corrected chi connectivity index (χ3v) is 29.9. The Balaban J connectivity index is 0.00000224. The minimum absolute atomic E-state index is 0. The minimum atomic E-state index is -3.19. The predicted octanol–water partition coefficient (Wildman–Crippen LogP) is 8.14. The Morgan fingerprint density at radius 1 is 0.529 bits per heavy atom. The molecule has 0 aromatic heterocycles. The van der Waals surface area contributed by atoms with Crippen molar-refractivity contribution in [1.29, 1.82) is 0 Å². The van der Waals surface area contributed by atoms with Gasteiger partial charge in [-0.15, -0.1) is 0 Å². The van der Waals surface area contributed by atoms with Gasteiger partial charge in [-0.1, -0.05) is 0 Å². The van der Waals surface area contributed by atoms with Crippen LogP contribution in [0, 0.1) is 10.8 Å². The third kappa shape index (κ3) is 6.24. The van der Waals surface area contributed by atoms with Gasteiger partial charge < -0.3 is 24.8 Å². The van der Waals surface area contributed by atoms with Crippen molar-refractivity contribution in [3.05, 3.63) is 129 Å². The molecule has 0 bridgehead atoms. The van der Waals surface area contributed by atoms with E-state index < -0.39 is 20.3 Å². The molecule has 3 aliphatic carbocycles. The van der Waals surface area contributed by atoms with Crippen molar-refractivity contribution in [3.8, 4) is 22.3 Å². The first-order valence-electron chi connectivity index (χ1n) is 19.4. The van der Waals surface area contributed by atoms with E-state index in [1.54, 1.807) is 22.3 Å². The van der Waals surface area contributed by atoms with Crippen LogP contribution in [0.4, 0.5) is 0 Å². The number of benzene rings is 4. The molecule has 0 N–H and O–H groups in total. The largest absolute Gasteiger partial charge is 1.00 e. The van der Waals surface area contributed by atoms with Crippen molar-refractivity contribution in [2.45, 2.75) is 108 Å². The summed E-state index contributed by atoms with van der Waals surface area (Å²) in [6.07, 6.45) is 13.4. The first-order valence-corrected chi connectivity index (χ1v) is 25.0. The Morgan fingerprint density at radius 3 is 1.24 bits per heavy atom. The normalized spacial score (nSPS) is 23.5. The van der Waals surface area contributed by atoms with E-state index in [0.717, 1.165) is 20.1 Å². The molecule has 4 aromatic rings. The zero-order valence-electron chi connectivity index (χ0n) is 32.0. The summed E-state index contributed by atoms with van der Waals surface area (Å²) >= 11 is -3.19. The minimum Gasteiger partial charge on any atom is -1.00 e. The van der Waals surface area contributed by atoms with Gasteiger partial charge in [0.2, 0.25) is 0 Å². The molecule has 0 spiro atoms. The number of hydrogen-bond acceptors (Lipinski definition) is 0. The second kappa shape index (κ2) is 14.2. The van der Waals surface area contributed by atoms with Gasteiger partial charge in [0.15, 0.2) is 0 Å². The van der Waals surface area contributed by atoms with E-state index in [1.807, 2.05) is 0 Å². The molecular formula is C48H56Cl2Zr. The van der Waals surface area contributed by atoms with Crippen molar-refractivity contribution in [2.75, 3.05) is 0 Å². The first kappa shape index (κ1) is 38.5. The molecule has 3 heteroatoms. The number of fused-ring (bicyclic) bond motifs is 3. The number of halogens is 2. The Bertz CT molecular complexity index is 1820. The molecule has 0 nitrogen and oxygen atoms in total. The van der Waals surface area contributed by atoms with E-state index in [9.17, 15) is 0 Å². The monoisotopic (exact) mass is 792 g/mol. The van der Waals surface area contributed by atoms with Crippen molar-refractivity contribution in [1.82, 2.24) is 0 Å². The van der Waals surface area contributed by atoms with Crippen molar-refractivity contribution < 1.29 is 45.1 Å². The summed E-state index contributed by atoms with van der Waals surface area (Å²) in [4.78, 5) is 0. The van der Waals surface area contributed by atoms with Crippen molar-refractivity contribution in [3.63, 3.8) is 0 Å². The van der Waals surface area contributed by atoms with Crippen molar-refractivity contribution >= 4 is 12.2 Å². The van der Waals surface area contributed by atoms with Gasteiger partial charge in [-0.25, -0.2) is 0 Å². The van der Waals surface area contributed by atoms with Crippen LogP contribution in [0.5, 0.6) is 0 Å². The van der Waals surface area contributed by atoms with Crippen LogP contribution in [0.25, 0.3) is 34.4 Å². The van der Waals surface area contributed by atoms with E-state index in [4.69, 9.17) is 0 Å². The number of aryl methyl sites for hydroxylation is 2. The molecule has 0 radical (unpaired) electrons. The maximum atomic E-state index is 2.72. The smallest absolute Gasteiger partial charge is 1.00 e. The zero-order valence-corrected chi connectivity index (χ0v) is 36.0. The van der Waals surface area contributed by atoms with Gasteiger partial charge in [0.25, 0.3) is 0 Å². The van der Waals surface area contributed by atoms with E-state index in [2.05, 4.69) is 152 Å². The zero-order chi connectivity index (χ0) is 34.3. The van der Waals surface area contributed by atoms with Gasteiger partial charge >= 0.3 is 303 Å². The maximum Gasteiger partial charge on any atom is -1.00 e. The van der Waals surface area contributed by atoms with Gasteiger partial charge in [-0.05, 0) is 0 Å². The number of allylic oxidation sites excluding steroid dienone is 2. The second-order valence-electron chi connectivity index (χ2n) is 17.8. The fraction of sp³-hybridized carbons (Fsp3) is 0.417. The van der Waals surface area contributed by atoms with Crippen LogP contribution in [0.1, 0.15) is 122 Å². The summed E-state index contributed by atoms with van der Waals surface area (Å²) in [5, 5.41) is 0. The summed E-state index contributed by atoms with van der Waals surface area (Å²) in [6, 6.07) is 33.7. The summed E-state index contributed by atoms with van der Waals surface area (Å²) in [7, 11) is 0. The Morgan fingerprint density at radius 2 is 0.902 bits per heavy atom. The third-order valence-electron chi connectivity index (χ3n) is 13.1. The summed E-state index contributed by atoms with van der Waals surface area (Å²) in [5.74, 6) is 0. The quantitative estimate of drug-likeness (QED) is 0.185. The number of rotatable bonds is 6. The van der Waals surface area contributed by atoms with Crippen LogP contribution in [-0.2, 0) is 33.1 Å². The molecule has 1 saturated carbocycles. The van der Waals surface area contributed by atoms with E-state index in [-0.39, 0.29) is 35.6 Å². The van der Waals surface area contributed by atoms with Crippen LogP contribution < -0.4 is 24.8 Å². The molecule has 4 unspecified atom stereocenters. The van der Waals surface area contributed by atoms with Gasteiger partial charge in [0, 0.05) is 0 Å². The molecule has 4 atom stereocenters. The van der Waals surface area contributed by atoms with Gasteiger partial charge in [0.1, 0.15) is 0 Å². The SMILES string of the molecule is CCc1ccc(-c2cccc3c2C=C(C(C)(C)C)[CH]3[Zr+2]2([CH]3C(C(C)(C)C)=Cc4c(-c5ccc(CC)cc5)cccc43)[CH]3CCCC[CH]32)cc1.[Cl-].[Cl-]. The summed E-state index contributed by atoms with van der Waals surface area (Å²) < 4.78 is 3.18. The Kier molecular flexibility index (Phi) is 10.8. The molecule has 51 heavy (non-hydrogen) atoms. The van der Waals surface area contributed by atoms with E-state index in [1.165, 1.54) is 70.2 Å². The number of hydrogen-bond donors (Lipinski definition) is 0. The summed E-state index contributed by atoms with van der Waals surface area (Å²) in [5.41, 5.74) is 18.6. The Labute approximate surface area is 325 Å². The summed E-state index contributed by atoms with van der Waals surface area (Å²) in [6.45, 7) is 19.6. The predicted molar refractivity (Wildman–Crippen MR) is 209 cm³/mol. The van der Waals surface area contributed by atoms with Crippen LogP contribution >= 0.6 is 0 Å². The molecule has 1 heterocycles. The van der Waals surface area contributed by atoms with Gasteiger partial charge in [-0.3, -0.25) is 0 Å². The van der Waals surface area contributed by atoms with Crippen molar-refractivity contribution in [2.24, 2.45) is 10.8 Å². The molecule has 266 valence electrons. The molecule has 4 aliphatic rings. The molecule has 8 rings (SSSR count). The van der Waals surface area contributed by atoms with E-state index in [0.29, 0.717) is 7.25 Å². The molecule has 1 aliphatic heterocycles. The van der Waals surface area contributed by atoms with Crippen LogP contribution in [-0.4, -0.2) is 0 Å². The standard InChI is InChI=1S/2C21H23.C6H10.2ClH.Zr/c2*1-5-15-9-11-16(12-10-15)19-8-6-7-17-13-18(14-20(17)19)21(2,3)4;1-2-4-6-5-3-1;;;/h2*6-14H,5H2,1-4H3;1-2H,3-6H2;2*1H;/q;;;;;+2/p-2. The van der Waals surface area contributed by atoms with Crippen LogP contribution in [0.15, 0.2) is 96.1 Å². The van der Waals surface area contributed by atoms with Gasteiger partial charge in [-0.2, -0.15) is 0 Å². The van der Waals surface area contributed by atoms with Crippen LogP contribution in [0.3, 0.4) is 0 Å². The average molecular weight is 795 g/mol.